The first-order chi connectivity index (χ1) is 7.91. The molecule has 2 rings (SSSR count). The van der Waals surface area contributed by atoms with Crippen LogP contribution in [0.2, 0.25) is 0 Å². The van der Waals surface area contributed by atoms with E-state index in [1.54, 1.807) is 18.8 Å². The third-order valence-corrected chi connectivity index (χ3v) is 2.84. The lowest BCUT2D eigenvalue weighted by Gasteiger charge is -2.21. The van der Waals surface area contributed by atoms with Crippen LogP contribution in [0.15, 0.2) is 6.07 Å². The van der Waals surface area contributed by atoms with Crippen LogP contribution >= 0.6 is 0 Å². The van der Waals surface area contributed by atoms with Crippen molar-refractivity contribution in [1.82, 2.24) is 19.8 Å². The van der Waals surface area contributed by atoms with Crippen LogP contribution in [0.3, 0.4) is 0 Å². The summed E-state index contributed by atoms with van der Waals surface area (Å²) in [6, 6.07) is 1.40. The van der Waals surface area contributed by atoms with Crippen LogP contribution in [0.4, 0.5) is 0 Å². The average molecular weight is 236 g/mol. The van der Waals surface area contributed by atoms with Crippen molar-refractivity contribution in [3.05, 3.63) is 17.5 Å². The van der Waals surface area contributed by atoms with Crippen LogP contribution in [0, 0.1) is 13.8 Å². The monoisotopic (exact) mass is 236 g/mol. The molecule has 6 nitrogen and oxygen atoms in total. The highest BCUT2D eigenvalue weighted by molar-refractivity contribution is 6.03. The van der Waals surface area contributed by atoms with E-state index in [0.29, 0.717) is 0 Å². The molecule has 0 unspecified atom stereocenters. The Kier molecular flexibility index (Phi) is 2.74. The predicted molar refractivity (Wildman–Crippen MR) is 60.9 cm³/mol. The van der Waals surface area contributed by atoms with Crippen molar-refractivity contribution in [2.45, 2.75) is 26.3 Å². The summed E-state index contributed by atoms with van der Waals surface area (Å²) in [4.78, 5) is 23.9. The highest BCUT2D eigenvalue weighted by atomic mass is 16.2. The molecule has 0 radical (unpaired) electrons. The van der Waals surface area contributed by atoms with E-state index in [4.69, 9.17) is 0 Å². The third kappa shape index (κ3) is 1.84. The van der Waals surface area contributed by atoms with Gasteiger partial charge in [-0.05, 0) is 19.9 Å². The van der Waals surface area contributed by atoms with Gasteiger partial charge in [0.1, 0.15) is 6.04 Å². The SMILES string of the molecule is Cc1cc(C)n([C@@H]2CC(=O)N(N(C)C)C2=O)n1. The van der Waals surface area contributed by atoms with Gasteiger partial charge in [-0.25, -0.2) is 10.0 Å². The second-order valence-electron chi connectivity index (χ2n) is 4.48. The molecule has 0 spiro atoms. The summed E-state index contributed by atoms with van der Waals surface area (Å²) in [6.07, 6.45) is 0.180. The summed E-state index contributed by atoms with van der Waals surface area (Å²) in [5.74, 6) is -0.399. The Labute approximate surface area is 99.8 Å². The number of amides is 2. The van der Waals surface area contributed by atoms with E-state index in [9.17, 15) is 9.59 Å². The van der Waals surface area contributed by atoms with Crippen LogP contribution in [0.25, 0.3) is 0 Å². The average Bonchev–Trinajstić information content (AvgIpc) is 2.67. The lowest BCUT2D eigenvalue weighted by atomic mass is 10.2. The molecule has 0 saturated carbocycles. The van der Waals surface area contributed by atoms with Gasteiger partial charge in [0.25, 0.3) is 5.91 Å². The molecule has 6 heteroatoms. The van der Waals surface area contributed by atoms with Gasteiger partial charge in [0.15, 0.2) is 0 Å². The highest BCUT2D eigenvalue weighted by Gasteiger charge is 2.42. The van der Waals surface area contributed by atoms with E-state index in [-0.39, 0.29) is 18.2 Å². The number of nitrogens with zero attached hydrogens (tertiary/aromatic N) is 4. The molecule has 1 fully saturated rings. The van der Waals surface area contributed by atoms with Crippen LogP contribution in [0.1, 0.15) is 23.9 Å². The van der Waals surface area contributed by atoms with Gasteiger partial charge in [-0.1, -0.05) is 0 Å². The number of hydrogen-bond donors (Lipinski definition) is 0. The van der Waals surface area contributed by atoms with E-state index >= 15 is 0 Å². The van der Waals surface area contributed by atoms with Crippen LogP contribution in [0.5, 0.6) is 0 Å². The van der Waals surface area contributed by atoms with Gasteiger partial charge in [-0.2, -0.15) is 5.10 Å². The minimum atomic E-state index is -0.501. The van der Waals surface area contributed by atoms with Gasteiger partial charge in [0.05, 0.1) is 12.1 Å². The standard InChI is InChI=1S/C11H16N4O2/c1-7-5-8(2)14(12-7)9-6-10(16)15(11(9)17)13(3)4/h5,9H,6H2,1-4H3/t9-/m1/s1. The summed E-state index contributed by atoms with van der Waals surface area (Å²) in [5, 5.41) is 6.95. The van der Waals surface area contributed by atoms with Gasteiger partial charge >= 0.3 is 0 Å². The zero-order valence-electron chi connectivity index (χ0n) is 10.5. The first-order valence-corrected chi connectivity index (χ1v) is 5.48. The second kappa shape index (κ2) is 3.96. The predicted octanol–water partition coefficient (Wildman–Crippen LogP) is 0.277. The molecule has 0 aliphatic carbocycles. The Balaban J connectivity index is 2.34. The molecule has 17 heavy (non-hydrogen) atoms. The van der Waals surface area contributed by atoms with E-state index in [2.05, 4.69) is 5.10 Å². The van der Waals surface area contributed by atoms with Crippen molar-refractivity contribution in [2.75, 3.05) is 14.1 Å². The summed E-state index contributed by atoms with van der Waals surface area (Å²) in [6.45, 7) is 3.75. The number of carbonyl (C=O) groups excluding carboxylic acids is 2. The largest absolute Gasteiger partial charge is 0.273 e. The Hall–Kier alpha value is -1.69. The number of rotatable bonds is 2. The number of aromatic nitrogens is 2. The molecular formula is C11H16N4O2. The minimum Gasteiger partial charge on any atom is -0.273 e. The minimum absolute atomic E-state index is 0.180. The molecule has 1 aromatic heterocycles. The molecule has 92 valence electrons. The molecule has 1 aliphatic heterocycles. The molecule has 2 amide bonds. The normalized spacial score (nSPS) is 20.8. The molecule has 1 atom stereocenters. The van der Waals surface area contributed by atoms with E-state index in [1.807, 2.05) is 19.9 Å². The Morgan fingerprint density at radius 3 is 2.41 bits per heavy atom. The first-order valence-electron chi connectivity index (χ1n) is 5.48. The summed E-state index contributed by atoms with van der Waals surface area (Å²) in [7, 11) is 3.36. The Morgan fingerprint density at radius 2 is 2.00 bits per heavy atom. The number of aryl methyl sites for hydroxylation is 2. The molecule has 1 aromatic rings. The lowest BCUT2D eigenvalue weighted by molar-refractivity contribution is -0.153. The Morgan fingerprint density at radius 1 is 1.35 bits per heavy atom. The molecule has 0 bridgehead atoms. The fourth-order valence-electron chi connectivity index (χ4n) is 2.18. The zero-order valence-corrected chi connectivity index (χ0v) is 10.5. The van der Waals surface area contributed by atoms with Gasteiger partial charge in [0.2, 0.25) is 5.91 Å². The molecule has 2 heterocycles. The van der Waals surface area contributed by atoms with Crippen molar-refractivity contribution in [2.24, 2.45) is 0 Å². The van der Waals surface area contributed by atoms with Gasteiger partial charge in [-0.3, -0.25) is 14.3 Å². The van der Waals surface area contributed by atoms with Crippen molar-refractivity contribution in [1.29, 1.82) is 0 Å². The van der Waals surface area contributed by atoms with Crippen LogP contribution in [-0.2, 0) is 9.59 Å². The van der Waals surface area contributed by atoms with Crippen molar-refractivity contribution >= 4 is 11.8 Å². The number of imide groups is 1. The lowest BCUT2D eigenvalue weighted by Crippen LogP contribution is -2.42. The van der Waals surface area contributed by atoms with Crippen molar-refractivity contribution in [3.63, 3.8) is 0 Å². The van der Waals surface area contributed by atoms with Gasteiger partial charge < -0.3 is 0 Å². The third-order valence-electron chi connectivity index (χ3n) is 2.84. The smallest absolute Gasteiger partial charge is 0.269 e. The quantitative estimate of drug-likeness (QED) is 0.692. The van der Waals surface area contributed by atoms with E-state index < -0.39 is 6.04 Å². The fraction of sp³-hybridized carbons (Fsp3) is 0.545. The van der Waals surface area contributed by atoms with E-state index in [1.165, 1.54) is 10.0 Å². The molecule has 0 aromatic carbocycles. The van der Waals surface area contributed by atoms with Gasteiger partial charge in [-0.15, -0.1) is 0 Å². The maximum absolute atomic E-state index is 12.1. The van der Waals surface area contributed by atoms with Crippen LogP contribution < -0.4 is 0 Å². The summed E-state index contributed by atoms with van der Waals surface area (Å²) in [5.41, 5.74) is 1.75. The molecule has 1 saturated heterocycles. The highest BCUT2D eigenvalue weighted by Crippen LogP contribution is 2.25. The molecule has 0 N–H and O–H groups in total. The maximum Gasteiger partial charge on any atom is 0.269 e. The number of hydrogen-bond acceptors (Lipinski definition) is 4. The zero-order chi connectivity index (χ0) is 12.7. The summed E-state index contributed by atoms with van der Waals surface area (Å²) >= 11 is 0. The van der Waals surface area contributed by atoms with Gasteiger partial charge in [0, 0.05) is 19.8 Å². The number of hydrazine groups is 1. The Bertz CT molecular complexity index is 478. The van der Waals surface area contributed by atoms with E-state index in [0.717, 1.165) is 11.4 Å². The van der Waals surface area contributed by atoms with Crippen molar-refractivity contribution < 1.29 is 9.59 Å². The topological polar surface area (TPSA) is 58.4 Å². The maximum atomic E-state index is 12.1. The summed E-state index contributed by atoms with van der Waals surface area (Å²) < 4.78 is 1.64. The van der Waals surface area contributed by atoms with Crippen molar-refractivity contribution in [3.8, 4) is 0 Å². The fourth-order valence-corrected chi connectivity index (χ4v) is 2.18. The molecule has 1 aliphatic rings. The second-order valence-corrected chi connectivity index (χ2v) is 4.48. The number of carbonyl (C=O) groups is 2. The van der Waals surface area contributed by atoms with Crippen LogP contribution in [-0.4, -0.2) is 45.7 Å². The molecular weight excluding hydrogens is 220 g/mol. The first kappa shape index (κ1) is 11.8.